The van der Waals surface area contributed by atoms with Crippen molar-refractivity contribution in [1.82, 2.24) is 4.90 Å². The lowest BCUT2D eigenvalue weighted by Crippen LogP contribution is -2.54. The number of rotatable bonds is 4. The lowest BCUT2D eigenvalue weighted by Gasteiger charge is -2.40. The number of halogens is 2. The standard InChI is InChI=1S/C24H21ClFN3O6/c25-17-10-18-19(9-16(17)22(31)32)35-20(12-29(18)23(33)34)21(30)28-7-5-24(13-27,6-8-28)11-14-1-3-15(26)4-2-14/h1-4,9-10,20H,5-8,11-12H2,(H,31,32)(H,33,34). The highest BCUT2D eigenvalue weighted by Gasteiger charge is 2.41. The van der Waals surface area contributed by atoms with Crippen molar-refractivity contribution in [3.63, 3.8) is 0 Å². The SMILES string of the molecule is N#CC1(Cc2ccc(F)cc2)CCN(C(=O)C2CN(C(=O)O)c3cc(Cl)c(C(=O)O)cc3O2)CC1. The van der Waals surface area contributed by atoms with Gasteiger partial charge < -0.3 is 19.8 Å². The molecule has 4 rings (SSSR count). The van der Waals surface area contributed by atoms with E-state index in [1.165, 1.54) is 23.1 Å². The molecule has 2 aliphatic rings. The molecule has 0 radical (unpaired) electrons. The summed E-state index contributed by atoms with van der Waals surface area (Å²) in [6.07, 6.45) is -1.33. The Morgan fingerprint density at radius 2 is 1.83 bits per heavy atom. The summed E-state index contributed by atoms with van der Waals surface area (Å²) in [5.41, 5.74) is -0.112. The Balaban J connectivity index is 1.50. The third-order valence-corrected chi connectivity index (χ3v) is 6.73. The zero-order valence-electron chi connectivity index (χ0n) is 18.4. The fourth-order valence-corrected chi connectivity index (χ4v) is 4.70. The lowest BCUT2D eigenvalue weighted by molar-refractivity contribution is -0.140. The van der Waals surface area contributed by atoms with Crippen molar-refractivity contribution in [3.05, 3.63) is 58.4 Å². The number of carbonyl (C=O) groups is 3. The zero-order valence-corrected chi connectivity index (χ0v) is 19.2. The summed E-state index contributed by atoms with van der Waals surface area (Å²) < 4.78 is 19.0. The van der Waals surface area contributed by atoms with Crippen molar-refractivity contribution < 1.29 is 33.7 Å². The van der Waals surface area contributed by atoms with Gasteiger partial charge in [-0.2, -0.15) is 5.26 Å². The Kier molecular flexibility index (Phi) is 6.54. The molecule has 182 valence electrons. The molecule has 2 aromatic carbocycles. The maximum absolute atomic E-state index is 13.2. The van der Waals surface area contributed by atoms with Crippen LogP contribution in [0.25, 0.3) is 0 Å². The van der Waals surface area contributed by atoms with Gasteiger partial charge >= 0.3 is 12.1 Å². The molecule has 35 heavy (non-hydrogen) atoms. The van der Waals surface area contributed by atoms with Gasteiger partial charge in [0.2, 0.25) is 0 Å². The Morgan fingerprint density at radius 3 is 2.40 bits per heavy atom. The molecular formula is C24H21ClFN3O6. The fourth-order valence-electron chi connectivity index (χ4n) is 4.46. The number of nitriles is 1. The molecule has 2 aromatic rings. The van der Waals surface area contributed by atoms with Crippen molar-refractivity contribution >= 4 is 35.3 Å². The molecule has 0 aromatic heterocycles. The number of carboxylic acid groups (broad SMARTS) is 2. The highest BCUT2D eigenvalue weighted by atomic mass is 35.5. The van der Waals surface area contributed by atoms with Gasteiger partial charge in [0.1, 0.15) is 11.6 Å². The first-order valence-electron chi connectivity index (χ1n) is 10.8. The summed E-state index contributed by atoms with van der Waals surface area (Å²) in [7, 11) is 0. The number of amides is 2. The van der Waals surface area contributed by atoms with Crippen LogP contribution in [0.3, 0.4) is 0 Å². The smallest absolute Gasteiger partial charge is 0.412 e. The number of hydrogen-bond acceptors (Lipinski definition) is 5. The number of likely N-dealkylation sites (tertiary alicyclic amines) is 1. The monoisotopic (exact) mass is 501 g/mol. The molecule has 11 heteroatoms. The fraction of sp³-hybridized carbons (Fsp3) is 0.333. The van der Waals surface area contributed by atoms with Gasteiger partial charge in [-0.1, -0.05) is 23.7 Å². The van der Waals surface area contributed by atoms with Crippen LogP contribution in [0.2, 0.25) is 5.02 Å². The second kappa shape index (κ2) is 9.43. The summed E-state index contributed by atoms with van der Waals surface area (Å²) >= 11 is 5.98. The van der Waals surface area contributed by atoms with Gasteiger partial charge in [0.05, 0.1) is 34.3 Å². The van der Waals surface area contributed by atoms with Crippen LogP contribution in [-0.4, -0.2) is 58.8 Å². The number of aromatic carboxylic acids is 1. The second-order valence-corrected chi connectivity index (χ2v) is 9.03. The molecule has 9 nitrogen and oxygen atoms in total. The highest BCUT2D eigenvalue weighted by molar-refractivity contribution is 6.34. The summed E-state index contributed by atoms with van der Waals surface area (Å²) in [5.74, 6) is -2.20. The van der Waals surface area contributed by atoms with Gasteiger partial charge in [-0.25, -0.2) is 14.0 Å². The van der Waals surface area contributed by atoms with E-state index >= 15 is 0 Å². The topological polar surface area (TPSA) is 131 Å². The number of fused-ring (bicyclic) bond motifs is 1. The van der Waals surface area contributed by atoms with Crippen LogP contribution < -0.4 is 9.64 Å². The number of carboxylic acids is 1. The summed E-state index contributed by atoms with van der Waals surface area (Å²) in [4.78, 5) is 38.9. The number of nitrogens with zero attached hydrogens (tertiary/aromatic N) is 3. The van der Waals surface area contributed by atoms with E-state index in [4.69, 9.17) is 16.3 Å². The van der Waals surface area contributed by atoms with Gasteiger partial charge in [-0.3, -0.25) is 9.69 Å². The minimum atomic E-state index is -1.34. The van der Waals surface area contributed by atoms with Crippen LogP contribution in [0.15, 0.2) is 36.4 Å². The molecule has 1 unspecified atom stereocenters. The molecule has 0 aliphatic carbocycles. The molecule has 2 amide bonds. The number of hydrogen-bond donors (Lipinski definition) is 2. The van der Waals surface area contributed by atoms with Crippen molar-refractivity contribution in [2.45, 2.75) is 25.4 Å². The van der Waals surface area contributed by atoms with E-state index in [1.807, 2.05) is 0 Å². The predicted molar refractivity (Wildman–Crippen MR) is 122 cm³/mol. The first-order valence-corrected chi connectivity index (χ1v) is 11.2. The largest absolute Gasteiger partial charge is 0.478 e. The van der Waals surface area contributed by atoms with E-state index in [0.717, 1.165) is 16.5 Å². The Morgan fingerprint density at radius 1 is 1.17 bits per heavy atom. The maximum Gasteiger partial charge on any atom is 0.412 e. The number of benzene rings is 2. The third kappa shape index (κ3) is 4.86. The van der Waals surface area contributed by atoms with Crippen LogP contribution in [-0.2, 0) is 11.2 Å². The quantitative estimate of drug-likeness (QED) is 0.651. The second-order valence-electron chi connectivity index (χ2n) is 8.63. The van der Waals surface area contributed by atoms with Crippen molar-refractivity contribution in [1.29, 1.82) is 5.26 Å². The van der Waals surface area contributed by atoms with E-state index in [9.17, 15) is 34.2 Å². The summed E-state index contributed by atoms with van der Waals surface area (Å²) in [6.45, 7) is 0.224. The first-order chi connectivity index (χ1) is 16.6. The lowest BCUT2D eigenvalue weighted by atomic mass is 9.75. The molecule has 2 heterocycles. The number of anilines is 1. The van der Waals surface area contributed by atoms with E-state index in [1.54, 1.807) is 12.1 Å². The van der Waals surface area contributed by atoms with Crippen LogP contribution in [0.4, 0.5) is 14.9 Å². The van der Waals surface area contributed by atoms with Gasteiger partial charge in [0, 0.05) is 13.1 Å². The van der Waals surface area contributed by atoms with Crippen molar-refractivity contribution in [2.75, 3.05) is 24.5 Å². The van der Waals surface area contributed by atoms with E-state index in [2.05, 4.69) is 6.07 Å². The van der Waals surface area contributed by atoms with E-state index in [-0.39, 0.29) is 47.5 Å². The molecule has 2 N–H and O–H groups in total. The molecular weight excluding hydrogens is 481 g/mol. The maximum atomic E-state index is 13.2. The molecule has 1 saturated heterocycles. The van der Waals surface area contributed by atoms with Crippen LogP contribution in [0.1, 0.15) is 28.8 Å². The van der Waals surface area contributed by atoms with Crippen molar-refractivity contribution in [2.24, 2.45) is 5.41 Å². The van der Waals surface area contributed by atoms with E-state index < -0.39 is 29.5 Å². The van der Waals surface area contributed by atoms with E-state index in [0.29, 0.717) is 19.3 Å². The van der Waals surface area contributed by atoms with Gasteiger partial charge in [-0.05, 0) is 49.1 Å². The summed E-state index contributed by atoms with van der Waals surface area (Å²) in [6, 6.07) is 10.6. The average molecular weight is 502 g/mol. The molecule has 0 saturated carbocycles. The minimum absolute atomic E-state index is 0.0537. The summed E-state index contributed by atoms with van der Waals surface area (Å²) in [5, 5.41) is 28.7. The number of carbonyl (C=O) groups excluding carboxylic acids is 1. The highest BCUT2D eigenvalue weighted by Crippen LogP contribution is 2.39. The Hall–Kier alpha value is -3.84. The molecule has 0 bridgehead atoms. The Labute approximate surface area is 204 Å². The van der Waals surface area contributed by atoms with Gasteiger partial charge in [0.15, 0.2) is 6.10 Å². The minimum Gasteiger partial charge on any atom is -0.478 e. The van der Waals surface area contributed by atoms with Crippen LogP contribution in [0.5, 0.6) is 5.75 Å². The molecule has 1 atom stereocenters. The van der Waals surface area contributed by atoms with Crippen molar-refractivity contribution in [3.8, 4) is 11.8 Å². The Bertz CT molecular complexity index is 1220. The first kappa shape index (κ1) is 24.3. The predicted octanol–water partition coefficient (Wildman–Crippen LogP) is 3.80. The van der Waals surface area contributed by atoms with Crippen LogP contribution >= 0.6 is 11.6 Å². The molecule has 1 fully saturated rings. The zero-order chi connectivity index (χ0) is 25.3. The molecule has 0 spiro atoms. The molecule has 2 aliphatic heterocycles. The van der Waals surface area contributed by atoms with Crippen LogP contribution in [0, 0.1) is 22.6 Å². The number of piperidine rings is 1. The number of ether oxygens (including phenoxy) is 1. The normalized spacial score (nSPS) is 18.7. The van der Waals surface area contributed by atoms with Gasteiger partial charge in [0.25, 0.3) is 5.91 Å². The van der Waals surface area contributed by atoms with Gasteiger partial charge in [-0.15, -0.1) is 0 Å². The third-order valence-electron chi connectivity index (χ3n) is 6.42. The average Bonchev–Trinajstić information content (AvgIpc) is 2.84.